The Labute approximate surface area is 127 Å². The molecule has 2 rings (SSSR count). The SMILES string of the molecule is COc1cc(NC(=O)c2ccco2)c(OC)cc1NC(C)=O. The van der Waals surface area contributed by atoms with Gasteiger partial charge in [-0.25, -0.2) is 0 Å². The highest BCUT2D eigenvalue weighted by Gasteiger charge is 2.16. The van der Waals surface area contributed by atoms with Crippen LogP contribution in [0.1, 0.15) is 17.5 Å². The Morgan fingerprint density at radius 2 is 1.64 bits per heavy atom. The van der Waals surface area contributed by atoms with Crippen molar-refractivity contribution in [3.8, 4) is 11.5 Å². The van der Waals surface area contributed by atoms with E-state index in [4.69, 9.17) is 13.9 Å². The second-order valence-electron chi connectivity index (χ2n) is 4.37. The molecule has 1 aromatic carbocycles. The maximum absolute atomic E-state index is 12.0. The Bertz CT molecular complexity index is 679. The Balaban J connectivity index is 2.34. The Morgan fingerprint density at radius 1 is 1.05 bits per heavy atom. The third-order valence-electron chi connectivity index (χ3n) is 2.83. The quantitative estimate of drug-likeness (QED) is 0.886. The molecule has 2 aromatic rings. The van der Waals surface area contributed by atoms with Crippen molar-refractivity contribution in [3.63, 3.8) is 0 Å². The standard InChI is InChI=1S/C15H16N2O5/c1-9(18)16-10-7-14(21-3)11(8-13(10)20-2)17-15(19)12-5-4-6-22-12/h4-8H,1-3H3,(H,16,18)(H,17,19). The third-order valence-corrected chi connectivity index (χ3v) is 2.83. The number of methoxy groups -OCH3 is 2. The molecule has 0 saturated heterocycles. The largest absolute Gasteiger partial charge is 0.494 e. The van der Waals surface area contributed by atoms with Gasteiger partial charge >= 0.3 is 0 Å². The van der Waals surface area contributed by atoms with Crippen LogP contribution in [0.5, 0.6) is 11.5 Å². The summed E-state index contributed by atoms with van der Waals surface area (Å²) in [5.74, 6) is 0.285. The smallest absolute Gasteiger partial charge is 0.291 e. The minimum absolute atomic E-state index is 0.173. The zero-order valence-corrected chi connectivity index (χ0v) is 12.4. The lowest BCUT2D eigenvalue weighted by molar-refractivity contribution is -0.114. The second kappa shape index (κ2) is 6.66. The highest BCUT2D eigenvalue weighted by atomic mass is 16.5. The first kappa shape index (κ1) is 15.4. The topological polar surface area (TPSA) is 89.8 Å². The second-order valence-corrected chi connectivity index (χ2v) is 4.37. The number of furan rings is 1. The number of hydrogen-bond acceptors (Lipinski definition) is 5. The first-order valence-corrected chi connectivity index (χ1v) is 6.43. The fourth-order valence-electron chi connectivity index (χ4n) is 1.87. The monoisotopic (exact) mass is 304 g/mol. The van der Waals surface area contributed by atoms with E-state index in [-0.39, 0.29) is 11.7 Å². The maximum Gasteiger partial charge on any atom is 0.291 e. The first-order valence-electron chi connectivity index (χ1n) is 6.43. The normalized spacial score (nSPS) is 9.95. The molecule has 1 heterocycles. The van der Waals surface area contributed by atoms with Crippen molar-refractivity contribution in [2.75, 3.05) is 24.9 Å². The van der Waals surface area contributed by atoms with Crippen LogP contribution in [-0.4, -0.2) is 26.0 Å². The van der Waals surface area contributed by atoms with Crippen LogP contribution in [0.3, 0.4) is 0 Å². The van der Waals surface area contributed by atoms with Crippen LogP contribution in [0.4, 0.5) is 11.4 Å². The van der Waals surface area contributed by atoms with E-state index in [1.165, 1.54) is 27.4 Å². The predicted octanol–water partition coefficient (Wildman–Crippen LogP) is 2.51. The molecule has 116 valence electrons. The summed E-state index contributed by atoms with van der Waals surface area (Å²) in [6.07, 6.45) is 1.41. The molecule has 0 aliphatic rings. The molecule has 22 heavy (non-hydrogen) atoms. The Kier molecular flexibility index (Phi) is 4.67. The Morgan fingerprint density at radius 3 is 2.09 bits per heavy atom. The number of nitrogens with one attached hydrogen (secondary N) is 2. The molecule has 0 aliphatic heterocycles. The lowest BCUT2D eigenvalue weighted by atomic mass is 10.2. The van der Waals surface area contributed by atoms with Gasteiger partial charge in [0.2, 0.25) is 5.91 Å². The van der Waals surface area contributed by atoms with Crippen LogP contribution in [0.15, 0.2) is 34.9 Å². The van der Waals surface area contributed by atoms with Gasteiger partial charge in [0.15, 0.2) is 5.76 Å². The Hall–Kier alpha value is -2.96. The fourth-order valence-corrected chi connectivity index (χ4v) is 1.87. The highest BCUT2D eigenvalue weighted by Crippen LogP contribution is 2.36. The van der Waals surface area contributed by atoms with Crippen molar-refractivity contribution in [1.82, 2.24) is 0 Å². The molecular weight excluding hydrogens is 288 g/mol. The minimum atomic E-state index is -0.419. The van der Waals surface area contributed by atoms with Crippen LogP contribution in [0.25, 0.3) is 0 Å². The third kappa shape index (κ3) is 3.38. The van der Waals surface area contributed by atoms with Crippen molar-refractivity contribution in [1.29, 1.82) is 0 Å². The van der Waals surface area contributed by atoms with Gasteiger partial charge < -0.3 is 24.5 Å². The molecule has 7 nitrogen and oxygen atoms in total. The molecule has 0 aliphatic carbocycles. The van der Waals surface area contributed by atoms with Gasteiger partial charge in [-0.3, -0.25) is 9.59 Å². The molecule has 1 aromatic heterocycles. The molecule has 2 amide bonds. The van der Waals surface area contributed by atoms with Crippen LogP contribution >= 0.6 is 0 Å². The van der Waals surface area contributed by atoms with Crippen molar-refractivity contribution >= 4 is 23.2 Å². The van der Waals surface area contributed by atoms with Gasteiger partial charge in [0.1, 0.15) is 11.5 Å². The van der Waals surface area contributed by atoms with Crippen LogP contribution in [0.2, 0.25) is 0 Å². The zero-order chi connectivity index (χ0) is 16.1. The van der Waals surface area contributed by atoms with Gasteiger partial charge in [0, 0.05) is 19.1 Å². The number of carbonyl (C=O) groups excluding carboxylic acids is 2. The van der Waals surface area contributed by atoms with Crippen molar-refractivity contribution in [2.45, 2.75) is 6.92 Å². The van der Waals surface area contributed by atoms with Gasteiger partial charge in [-0.15, -0.1) is 0 Å². The van der Waals surface area contributed by atoms with Gasteiger partial charge in [-0.1, -0.05) is 0 Å². The number of hydrogen-bond donors (Lipinski definition) is 2. The van der Waals surface area contributed by atoms with E-state index in [0.29, 0.717) is 22.9 Å². The zero-order valence-electron chi connectivity index (χ0n) is 12.4. The average molecular weight is 304 g/mol. The number of carbonyl (C=O) groups is 2. The maximum atomic E-state index is 12.0. The molecule has 0 bridgehead atoms. The van der Waals surface area contributed by atoms with E-state index in [1.54, 1.807) is 24.3 Å². The lowest BCUT2D eigenvalue weighted by Crippen LogP contribution is -2.13. The average Bonchev–Trinajstić information content (AvgIpc) is 3.02. The summed E-state index contributed by atoms with van der Waals surface area (Å²) in [5.41, 5.74) is 0.845. The summed E-state index contributed by atoms with van der Waals surface area (Å²) < 4.78 is 15.5. The lowest BCUT2D eigenvalue weighted by Gasteiger charge is -2.15. The van der Waals surface area contributed by atoms with Gasteiger partial charge in [-0.05, 0) is 12.1 Å². The molecule has 2 N–H and O–H groups in total. The number of rotatable bonds is 5. The van der Waals surface area contributed by atoms with E-state index in [2.05, 4.69) is 10.6 Å². The minimum Gasteiger partial charge on any atom is -0.494 e. The molecule has 0 fully saturated rings. The molecule has 7 heteroatoms. The summed E-state index contributed by atoms with van der Waals surface area (Å²) >= 11 is 0. The summed E-state index contributed by atoms with van der Waals surface area (Å²) in [4.78, 5) is 23.2. The van der Waals surface area contributed by atoms with E-state index in [1.807, 2.05) is 0 Å². The summed E-state index contributed by atoms with van der Waals surface area (Å²) in [6, 6.07) is 6.29. The fraction of sp³-hybridized carbons (Fsp3) is 0.200. The number of amides is 2. The van der Waals surface area contributed by atoms with Crippen molar-refractivity contribution in [3.05, 3.63) is 36.3 Å². The number of benzene rings is 1. The highest BCUT2D eigenvalue weighted by molar-refractivity contribution is 6.03. The van der Waals surface area contributed by atoms with E-state index in [0.717, 1.165) is 0 Å². The molecule has 0 unspecified atom stereocenters. The van der Waals surface area contributed by atoms with E-state index >= 15 is 0 Å². The van der Waals surface area contributed by atoms with Crippen molar-refractivity contribution in [2.24, 2.45) is 0 Å². The van der Waals surface area contributed by atoms with Gasteiger partial charge in [0.25, 0.3) is 5.91 Å². The number of ether oxygens (including phenoxy) is 2. The van der Waals surface area contributed by atoms with E-state index in [9.17, 15) is 9.59 Å². The van der Waals surface area contributed by atoms with Crippen LogP contribution in [0, 0.1) is 0 Å². The summed E-state index contributed by atoms with van der Waals surface area (Å²) in [6.45, 7) is 1.39. The predicted molar refractivity (Wildman–Crippen MR) is 80.5 cm³/mol. The molecule has 0 saturated carbocycles. The van der Waals surface area contributed by atoms with Crippen LogP contribution < -0.4 is 20.1 Å². The van der Waals surface area contributed by atoms with Crippen molar-refractivity contribution < 1.29 is 23.5 Å². The first-order chi connectivity index (χ1) is 10.5. The summed E-state index contributed by atoms with van der Waals surface area (Å²) in [7, 11) is 2.92. The molecule has 0 atom stereocenters. The summed E-state index contributed by atoms with van der Waals surface area (Å²) in [5, 5.41) is 5.30. The molecule has 0 spiro atoms. The van der Waals surface area contributed by atoms with Crippen LogP contribution in [-0.2, 0) is 4.79 Å². The molecule has 0 radical (unpaired) electrons. The molecular formula is C15H16N2O5. The van der Waals surface area contributed by atoms with Gasteiger partial charge in [0.05, 0.1) is 31.9 Å². The van der Waals surface area contributed by atoms with E-state index < -0.39 is 5.91 Å². The number of anilines is 2. The van der Waals surface area contributed by atoms with Gasteiger partial charge in [-0.2, -0.15) is 0 Å².